The Morgan fingerprint density at radius 3 is 2.88 bits per heavy atom. The highest BCUT2D eigenvalue weighted by Gasteiger charge is 2.20. The van der Waals surface area contributed by atoms with E-state index < -0.39 is 5.97 Å². The van der Waals surface area contributed by atoms with Crippen molar-refractivity contribution in [3.05, 3.63) is 27.9 Å². The molecule has 0 atom stereocenters. The summed E-state index contributed by atoms with van der Waals surface area (Å²) in [6.45, 7) is 3.78. The van der Waals surface area contributed by atoms with Crippen molar-refractivity contribution in [1.82, 2.24) is 9.88 Å². The maximum absolute atomic E-state index is 12.3. The van der Waals surface area contributed by atoms with Crippen molar-refractivity contribution >= 4 is 45.4 Å². The average Bonchev–Trinajstić information content (AvgIpc) is 3.24. The molecule has 0 aromatic carbocycles. The fraction of sp³-hybridized carbons (Fsp3) is 0.438. The second-order valence-electron chi connectivity index (χ2n) is 5.63. The molecule has 0 bridgehead atoms. The molecule has 0 aliphatic carbocycles. The van der Waals surface area contributed by atoms with Crippen LogP contribution in [0.5, 0.6) is 0 Å². The summed E-state index contributed by atoms with van der Waals surface area (Å²) < 4.78 is 4.73. The lowest BCUT2D eigenvalue weighted by Crippen LogP contribution is -2.36. The number of amides is 1. The minimum absolute atomic E-state index is 0.119. The number of methoxy groups -OCH3 is 1. The normalized spacial score (nSPS) is 15.6. The first kappa shape index (κ1) is 17.8. The zero-order chi connectivity index (χ0) is 17.6. The van der Waals surface area contributed by atoms with E-state index in [1.807, 2.05) is 11.6 Å². The number of ether oxygens (including phenoxy) is 1. The maximum Gasteiger partial charge on any atom is 0.350 e. The van der Waals surface area contributed by atoms with Crippen LogP contribution in [0.4, 0.5) is 10.8 Å². The highest BCUT2D eigenvalue weighted by molar-refractivity contribution is 7.13. The Morgan fingerprint density at radius 1 is 1.24 bits per heavy atom. The minimum Gasteiger partial charge on any atom is -0.465 e. The van der Waals surface area contributed by atoms with Gasteiger partial charge in [-0.05, 0) is 17.9 Å². The Bertz CT molecular complexity index is 717. The smallest absolute Gasteiger partial charge is 0.350 e. The molecule has 1 aliphatic rings. The van der Waals surface area contributed by atoms with Crippen molar-refractivity contribution in [3.8, 4) is 0 Å². The van der Waals surface area contributed by atoms with Gasteiger partial charge in [0.15, 0.2) is 5.13 Å². The minimum atomic E-state index is -0.431. The SMILES string of the molecule is COC(=O)c1sccc1NC(=O)CN1CCCN(c2nccs2)CC1. The Kier molecular flexibility index (Phi) is 6.00. The molecule has 3 heterocycles. The second kappa shape index (κ2) is 8.41. The van der Waals surface area contributed by atoms with E-state index in [4.69, 9.17) is 4.74 Å². The number of thiazole rings is 1. The summed E-state index contributed by atoms with van der Waals surface area (Å²) in [5.41, 5.74) is 0.515. The molecule has 0 saturated carbocycles. The summed E-state index contributed by atoms with van der Waals surface area (Å²) in [5.74, 6) is -0.551. The first-order valence-electron chi connectivity index (χ1n) is 8.00. The molecule has 0 unspecified atom stereocenters. The summed E-state index contributed by atoms with van der Waals surface area (Å²) in [4.78, 5) is 33.2. The van der Waals surface area contributed by atoms with E-state index in [1.165, 1.54) is 18.4 Å². The Hall–Kier alpha value is -1.97. The van der Waals surface area contributed by atoms with Gasteiger partial charge in [0, 0.05) is 37.8 Å². The van der Waals surface area contributed by atoms with Crippen LogP contribution >= 0.6 is 22.7 Å². The number of thiophene rings is 1. The zero-order valence-corrected chi connectivity index (χ0v) is 15.6. The molecule has 1 N–H and O–H groups in total. The van der Waals surface area contributed by atoms with Crippen LogP contribution in [0.3, 0.4) is 0 Å². The molecule has 3 rings (SSSR count). The van der Waals surface area contributed by atoms with Crippen LogP contribution in [0.1, 0.15) is 16.1 Å². The van der Waals surface area contributed by atoms with E-state index in [0.29, 0.717) is 17.1 Å². The monoisotopic (exact) mass is 380 g/mol. The third kappa shape index (κ3) is 4.56. The number of carbonyl (C=O) groups excluding carboxylic acids is 2. The quantitative estimate of drug-likeness (QED) is 0.801. The summed E-state index contributed by atoms with van der Waals surface area (Å²) >= 11 is 2.89. The molecular weight excluding hydrogens is 360 g/mol. The fourth-order valence-electron chi connectivity index (χ4n) is 2.74. The number of aromatic nitrogens is 1. The standard InChI is InChI=1S/C16H20N4O3S2/c1-23-15(22)14-12(3-9-24-14)18-13(21)11-19-5-2-6-20(8-7-19)16-17-4-10-25-16/h3-4,9-10H,2,5-8,11H2,1H3,(H,18,21). The van der Waals surface area contributed by atoms with Gasteiger partial charge in [-0.1, -0.05) is 0 Å². The second-order valence-corrected chi connectivity index (χ2v) is 7.42. The van der Waals surface area contributed by atoms with Crippen LogP contribution in [0.25, 0.3) is 0 Å². The van der Waals surface area contributed by atoms with Crippen molar-refractivity contribution in [1.29, 1.82) is 0 Å². The molecule has 25 heavy (non-hydrogen) atoms. The Labute approximate surface area is 154 Å². The first-order chi connectivity index (χ1) is 12.2. The zero-order valence-electron chi connectivity index (χ0n) is 13.9. The van der Waals surface area contributed by atoms with Crippen LogP contribution < -0.4 is 10.2 Å². The number of nitrogens with zero attached hydrogens (tertiary/aromatic N) is 3. The van der Waals surface area contributed by atoms with Gasteiger partial charge in [-0.2, -0.15) is 0 Å². The number of rotatable bonds is 5. The lowest BCUT2D eigenvalue weighted by Gasteiger charge is -2.21. The maximum atomic E-state index is 12.3. The molecular formula is C16H20N4O3S2. The number of anilines is 2. The summed E-state index contributed by atoms with van der Waals surface area (Å²) in [6, 6.07) is 1.72. The first-order valence-corrected chi connectivity index (χ1v) is 9.76. The van der Waals surface area contributed by atoms with Crippen molar-refractivity contribution in [3.63, 3.8) is 0 Å². The molecule has 1 aliphatic heterocycles. The van der Waals surface area contributed by atoms with E-state index in [1.54, 1.807) is 22.8 Å². The topological polar surface area (TPSA) is 74.8 Å². The highest BCUT2D eigenvalue weighted by Crippen LogP contribution is 2.23. The largest absolute Gasteiger partial charge is 0.465 e. The number of nitrogens with one attached hydrogen (secondary N) is 1. The van der Waals surface area contributed by atoms with Crippen LogP contribution in [0.15, 0.2) is 23.0 Å². The average molecular weight is 380 g/mol. The van der Waals surface area contributed by atoms with Crippen molar-refractivity contribution in [2.24, 2.45) is 0 Å². The van der Waals surface area contributed by atoms with E-state index in [9.17, 15) is 9.59 Å². The van der Waals surface area contributed by atoms with Crippen LogP contribution in [0.2, 0.25) is 0 Å². The van der Waals surface area contributed by atoms with Crippen molar-refractivity contribution in [2.45, 2.75) is 6.42 Å². The summed E-state index contributed by atoms with van der Waals surface area (Å²) in [7, 11) is 1.33. The molecule has 1 fully saturated rings. The van der Waals surface area contributed by atoms with Gasteiger partial charge in [-0.3, -0.25) is 9.69 Å². The summed E-state index contributed by atoms with van der Waals surface area (Å²) in [5, 5.41) is 7.59. The number of esters is 1. The van der Waals surface area contributed by atoms with Crippen molar-refractivity contribution in [2.75, 3.05) is 50.1 Å². The molecule has 0 spiro atoms. The molecule has 1 amide bonds. The van der Waals surface area contributed by atoms with Gasteiger partial charge in [0.25, 0.3) is 0 Å². The molecule has 1 saturated heterocycles. The van der Waals surface area contributed by atoms with Crippen LogP contribution in [-0.4, -0.2) is 61.6 Å². The van der Waals surface area contributed by atoms with Gasteiger partial charge in [-0.25, -0.2) is 9.78 Å². The molecule has 9 heteroatoms. The molecule has 2 aromatic heterocycles. The Morgan fingerprint density at radius 2 is 2.12 bits per heavy atom. The predicted octanol–water partition coefficient (Wildman–Crippen LogP) is 2.14. The molecule has 134 valence electrons. The lowest BCUT2D eigenvalue weighted by atomic mass is 10.3. The van der Waals surface area contributed by atoms with Crippen molar-refractivity contribution < 1.29 is 14.3 Å². The lowest BCUT2D eigenvalue weighted by molar-refractivity contribution is -0.117. The van der Waals surface area contributed by atoms with E-state index in [2.05, 4.69) is 20.1 Å². The molecule has 2 aromatic rings. The van der Waals surface area contributed by atoms with Gasteiger partial charge >= 0.3 is 5.97 Å². The molecule has 7 nitrogen and oxygen atoms in total. The van der Waals surface area contributed by atoms with Gasteiger partial charge in [0.2, 0.25) is 5.91 Å². The number of hydrogen-bond donors (Lipinski definition) is 1. The Balaban J connectivity index is 1.53. The number of carbonyl (C=O) groups is 2. The van der Waals surface area contributed by atoms with Gasteiger partial charge in [-0.15, -0.1) is 22.7 Å². The predicted molar refractivity (Wildman–Crippen MR) is 99.7 cm³/mol. The number of hydrogen-bond acceptors (Lipinski definition) is 8. The third-order valence-corrected chi connectivity index (χ3v) is 5.68. The molecule has 0 radical (unpaired) electrons. The van der Waals surface area contributed by atoms with Crippen LogP contribution in [-0.2, 0) is 9.53 Å². The van der Waals surface area contributed by atoms with E-state index >= 15 is 0 Å². The van der Waals surface area contributed by atoms with Crippen LogP contribution in [0, 0.1) is 0 Å². The third-order valence-electron chi connectivity index (χ3n) is 3.96. The summed E-state index contributed by atoms with van der Waals surface area (Å²) in [6.07, 6.45) is 2.80. The van der Waals surface area contributed by atoms with Gasteiger partial charge < -0.3 is 15.0 Å². The van der Waals surface area contributed by atoms with Gasteiger partial charge in [0.05, 0.1) is 19.3 Å². The fourth-order valence-corrected chi connectivity index (χ4v) is 4.21. The highest BCUT2D eigenvalue weighted by atomic mass is 32.1. The van der Waals surface area contributed by atoms with Gasteiger partial charge in [0.1, 0.15) is 4.88 Å². The van der Waals surface area contributed by atoms with E-state index in [-0.39, 0.29) is 5.91 Å². The van der Waals surface area contributed by atoms with E-state index in [0.717, 1.165) is 37.7 Å².